The van der Waals surface area contributed by atoms with Gasteiger partial charge in [0.15, 0.2) is 0 Å². The van der Waals surface area contributed by atoms with Gasteiger partial charge in [0.05, 0.1) is 19.3 Å². The van der Waals surface area contributed by atoms with E-state index in [9.17, 15) is 4.79 Å². The Labute approximate surface area is 90.6 Å². The van der Waals surface area contributed by atoms with E-state index in [2.05, 4.69) is 0 Å². The molecule has 90 valence electrons. The van der Waals surface area contributed by atoms with Crippen molar-refractivity contribution in [2.75, 3.05) is 26.8 Å². The maximum atomic E-state index is 10.8. The molecular weight excluding hydrogens is 198 g/mol. The number of carboxylic acid groups (broad SMARTS) is 1. The zero-order valence-electron chi connectivity index (χ0n) is 9.86. The van der Waals surface area contributed by atoms with Crippen LogP contribution in [0.2, 0.25) is 0 Å². The van der Waals surface area contributed by atoms with Crippen molar-refractivity contribution in [2.45, 2.75) is 26.9 Å². The summed E-state index contributed by atoms with van der Waals surface area (Å²) >= 11 is 0. The lowest BCUT2D eigenvalue weighted by Crippen LogP contribution is -2.44. The highest BCUT2D eigenvalue weighted by atomic mass is 16.5. The van der Waals surface area contributed by atoms with Crippen LogP contribution in [0.4, 0.5) is 4.79 Å². The minimum atomic E-state index is -1.03. The number of amides is 1. The Hall–Kier alpha value is -0.810. The molecule has 1 unspecified atom stereocenters. The van der Waals surface area contributed by atoms with Crippen molar-refractivity contribution in [1.29, 1.82) is 0 Å². The third kappa shape index (κ3) is 4.99. The molecule has 5 nitrogen and oxygen atoms in total. The number of hydrogen-bond donors (Lipinski definition) is 2. The highest BCUT2D eigenvalue weighted by molar-refractivity contribution is 5.64. The second-order valence-electron chi connectivity index (χ2n) is 4.54. The Bertz CT molecular complexity index is 200. The van der Waals surface area contributed by atoms with Gasteiger partial charge in [-0.05, 0) is 5.41 Å². The molecule has 15 heavy (non-hydrogen) atoms. The van der Waals surface area contributed by atoms with Gasteiger partial charge in [-0.2, -0.15) is 0 Å². The number of aliphatic hydroxyl groups is 1. The zero-order valence-corrected chi connectivity index (χ0v) is 9.86. The molecular formula is C10H21NO4. The normalized spacial score (nSPS) is 13.7. The number of carbonyl (C=O) groups is 1. The van der Waals surface area contributed by atoms with E-state index in [1.807, 2.05) is 20.8 Å². The predicted molar refractivity (Wildman–Crippen MR) is 56.9 cm³/mol. The summed E-state index contributed by atoms with van der Waals surface area (Å²) in [5, 5.41) is 17.6. The lowest BCUT2D eigenvalue weighted by Gasteiger charge is -2.33. The number of methoxy groups -OCH3 is 1. The molecule has 0 saturated carbocycles. The van der Waals surface area contributed by atoms with Crippen molar-refractivity contribution in [3.63, 3.8) is 0 Å². The fourth-order valence-electron chi connectivity index (χ4n) is 1.29. The van der Waals surface area contributed by atoms with Crippen LogP contribution in [0.5, 0.6) is 0 Å². The van der Waals surface area contributed by atoms with E-state index < -0.39 is 6.09 Å². The Morgan fingerprint density at radius 1 is 1.47 bits per heavy atom. The van der Waals surface area contributed by atoms with Gasteiger partial charge in [-0.25, -0.2) is 4.79 Å². The summed E-state index contributed by atoms with van der Waals surface area (Å²) in [4.78, 5) is 12.0. The van der Waals surface area contributed by atoms with Gasteiger partial charge in [0.25, 0.3) is 0 Å². The first-order valence-corrected chi connectivity index (χ1v) is 4.94. The van der Waals surface area contributed by atoms with Crippen molar-refractivity contribution >= 4 is 6.09 Å². The van der Waals surface area contributed by atoms with Gasteiger partial charge in [0.2, 0.25) is 0 Å². The van der Waals surface area contributed by atoms with Crippen LogP contribution in [0.15, 0.2) is 0 Å². The minimum Gasteiger partial charge on any atom is -0.465 e. The van der Waals surface area contributed by atoms with Gasteiger partial charge in [-0.1, -0.05) is 20.8 Å². The summed E-state index contributed by atoms with van der Waals surface area (Å²) in [6, 6.07) is 0. The average Bonchev–Trinajstić information content (AvgIpc) is 2.09. The molecule has 2 N–H and O–H groups in total. The molecule has 0 spiro atoms. The van der Waals surface area contributed by atoms with Crippen molar-refractivity contribution in [3.05, 3.63) is 0 Å². The van der Waals surface area contributed by atoms with Crippen LogP contribution in [-0.2, 0) is 4.74 Å². The van der Waals surface area contributed by atoms with Crippen LogP contribution < -0.4 is 0 Å². The molecule has 1 amide bonds. The highest BCUT2D eigenvalue weighted by Crippen LogP contribution is 2.22. The summed E-state index contributed by atoms with van der Waals surface area (Å²) < 4.78 is 5.26. The van der Waals surface area contributed by atoms with Gasteiger partial charge in [0.1, 0.15) is 0 Å². The maximum Gasteiger partial charge on any atom is 0.407 e. The monoisotopic (exact) mass is 219 g/mol. The second-order valence-corrected chi connectivity index (χ2v) is 4.54. The molecule has 0 aliphatic heterocycles. The molecule has 0 fully saturated rings. The molecule has 0 saturated heterocycles. The maximum absolute atomic E-state index is 10.8. The van der Waals surface area contributed by atoms with Crippen molar-refractivity contribution < 1.29 is 19.7 Å². The first-order valence-electron chi connectivity index (χ1n) is 4.94. The van der Waals surface area contributed by atoms with E-state index in [0.29, 0.717) is 0 Å². The molecule has 0 aromatic rings. The van der Waals surface area contributed by atoms with Crippen LogP contribution >= 0.6 is 0 Å². The fourth-order valence-corrected chi connectivity index (χ4v) is 1.29. The minimum absolute atomic E-state index is 0.116. The molecule has 0 aromatic carbocycles. The van der Waals surface area contributed by atoms with E-state index in [4.69, 9.17) is 14.9 Å². The third-order valence-corrected chi connectivity index (χ3v) is 2.28. The Kier molecular flexibility index (Phi) is 5.60. The van der Waals surface area contributed by atoms with Crippen molar-refractivity contribution in [1.82, 2.24) is 4.90 Å². The molecule has 0 aliphatic rings. The summed E-state index contributed by atoms with van der Waals surface area (Å²) in [5.74, 6) is 0. The van der Waals surface area contributed by atoms with Gasteiger partial charge in [-0.3, -0.25) is 0 Å². The van der Waals surface area contributed by atoms with Gasteiger partial charge < -0.3 is 19.8 Å². The SMILES string of the molecule is COC(CN(CCO)C(=O)O)C(C)(C)C. The number of aliphatic hydroxyl groups excluding tert-OH is 1. The molecule has 0 aromatic heterocycles. The Morgan fingerprint density at radius 2 is 2.00 bits per heavy atom. The molecule has 1 atom stereocenters. The van der Waals surface area contributed by atoms with E-state index in [0.717, 1.165) is 0 Å². The largest absolute Gasteiger partial charge is 0.465 e. The number of ether oxygens (including phenoxy) is 1. The van der Waals surface area contributed by atoms with E-state index in [1.54, 1.807) is 7.11 Å². The molecule has 0 aliphatic carbocycles. The Balaban J connectivity index is 4.42. The van der Waals surface area contributed by atoms with Crippen LogP contribution in [0.3, 0.4) is 0 Å². The lowest BCUT2D eigenvalue weighted by atomic mass is 9.88. The van der Waals surface area contributed by atoms with E-state index in [-0.39, 0.29) is 31.2 Å². The quantitative estimate of drug-likeness (QED) is 0.724. The standard InChI is InChI=1S/C10H21NO4/c1-10(2,3)8(15-4)7-11(5-6-12)9(13)14/h8,12H,5-7H2,1-4H3,(H,13,14). The fraction of sp³-hybridized carbons (Fsp3) is 0.900. The third-order valence-electron chi connectivity index (χ3n) is 2.28. The van der Waals surface area contributed by atoms with Gasteiger partial charge in [0, 0.05) is 13.7 Å². The predicted octanol–water partition coefficient (Wildman–Crippen LogP) is 1.02. The second kappa shape index (κ2) is 5.92. The van der Waals surface area contributed by atoms with E-state index >= 15 is 0 Å². The molecule has 0 radical (unpaired) electrons. The summed E-state index contributed by atoms with van der Waals surface area (Å²) in [7, 11) is 1.56. The van der Waals surface area contributed by atoms with Crippen molar-refractivity contribution in [2.24, 2.45) is 5.41 Å². The summed E-state index contributed by atoms with van der Waals surface area (Å²) in [5.41, 5.74) is -0.127. The van der Waals surface area contributed by atoms with Gasteiger partial charge >= 0.3 is 6.09 Å². The Morgan fingerprint density at radius 3 is 2.27 bits per heavy atom. The number of hydrogen-bond acceptors (Lipinski definition) is 3. The molecule has 0 bridgehead atoms. The summed E-state index contributed by atoms with van der Waals surface area (Å²) in [6.45, 7) is 6.18. The smallest absolute Gasteiger partial charge is 0.407 e. The van der Waals surface area contributed by atoms with Crippen LogP contribution in [0.1, 0.15) is 20.8 Å². The number of rotatable bonds is 5. The van der Waals surface area contributed by atoms with Crippen LogP contribution in [0.25, 0.3) is 0 Å². The topological polar surface area (TPSA) is 70.0 Å². The molecule has 0 heterocycles. The summed E-state index contributed by atoms with van der Waals surface area (Å²) in [6.07, 6.45) is -1.21. The lowest BCUT2D eigenvalue weighted by molar-refractivity contribution is -0.00799. The van der Waals surface area contributed by atoms with E-state index in [1.165, 1.54) is 4.90 Å². The molecule has 0 rings (SSSR count). The molecule has 5 heteroatoms. The first kappa shape index (κ1) is 14.2. The van der Waals surface area contributed by atoms with Crippen LogP contribution in [0, 0.1) is 5.41 Å². The zero-order chi connectivity index (χ0) is 12.1. The van der Waals surface area contributed by atoms with Crippen molar-refractivity contribution in [3.8, 4) is 0 Å². The average molecular weight is 219 g/mol. The van der Waals surface area contributed by atoms with Gasteiger partial charge in [-0.15, -0.1) is 0 Å². The number of nitrogens with zero attached hydrogens (tertiary/aromatic N) is 1. The van der Waals surface area contributed by atoms with Crippen LogP contribution in [-0.4, -0.2) is 54.1 Å². The first-order chi connectivity index (χ1) is 6.82. The highest BCUT2D eigenvalue weighted by Gasteiger charge is 2.28.